The SMILES string of the molecule is Cc1c(-c2ccccc2)sc2ncn(Cc3cccc(Cl)n3)c(=O)c12. The number of thiophene rings is 1. The number of pyridine rings is 1. The zero-order valence-electron chi connectivity index (χ0n) is 13.4. The van der Waals surface area contributed by atoms with Crippen LogP contribution in [-0.4, -0.2) is 14.5 Å². The van der Waals surface area contributed by atoms with Crippen molar-refractivity contribution in [3.63, 3.8) is 0 Å². The second kappa shape index (κ2) is 6.43. The summed E-state index contributed by atoms with van der Waals surface area (Å²) in [6.45, 7) is 2.32. The van der Waals surface area contributed by atoms with Gasteiger partial charge in [-0.05, 0) is 30.2 Å². The molecule has 0 spiro atoms. The van der Waals surface area contributed by atoms with E-state index in [1.807, 2.05) is 49.4 Å². The number of benzene rings is 1. The Bertz CT molecular complexity index is 1120. The standard InChI is InChI=1S/C19H14ClN3OS/c1-12-16-18(25-17(12)13-6-3-2-4-7-13)21-11-23(19(16)24)10-14-8-5-9-15(20)22-14/h2-9,11H,10H2,1H3. The second-order valence-electron chi connectivity index (χ2n) is 5.73. The van der Waals surface area contributed by atoms with Crippen LogP contribution in [0.1, 0.15) is 11.3 Å². The smallest absolute Gasteiger partial charge is 0.262 e. The van der Waals surface area contributed by atoms with Crippen LogP contribution in [0, 0.1) is 6.92 Å². The Hall–Kier alpha value is -2.50. The Morgan fingerprint density at radius 2 is 1.92 bits per heavy atom. The van der Waals surface area contributed by atoms with Gasteiger partial charge in [0.25, 0.3) is 5.56 Å². The number of rotatable bonds is 3. The Labute approximate surface area is 153 Å². The maximum absolute atomic E-state index is 13.0. The normalized spacial score (nSPS) is 11.1. The van der Waals surface area contributed by atoms with E-state index in [1.54, 1.807) is 28.3 Å². The molecular formula is C19H14ClN3OS. The van der Waals surface area contributed by atoms with E-state index in [9.17, 15) is 4.79 Å². The molecular weight excluding hydrogens is 354 g/mol. The molecule has 3 heterocycles. The van der Waals surface area contributed by atoms with Crippen molar-refractivity contribution >= 4 is 33.2 Å². The number of aromatic nitrogens is 3. The molecule has 0 atom stereocenters. The zero-order valence-corrected chi connectivity index (χ0v) is 15.0. The second-order valence-corrected chi connectivity index (χ2v) is 7.12. The highest BCUT2D eigenvalue weighted by molar-refractivity contribution is 7.22. The van der Waals surface area contributed by atoms with Gasteiger partial charge in [0, 0.05) is 4.88 Å². The van der Waals surface area contributed by atoms with Gasteiger partial charge in [0.05, 0.1) is 24.0 Å². The number of aryl methyl sites for hydroxylation is 1. The van der Waals surface area contributed by atoms with Gasteiger partial charge in [0.2, 0.25) is 0 Å². The fourth-order valence-corrected chi connectivity index (χ4v) is 4.18. The lowest BCUT2D eigenvalue weighted by atomic mass is 10.1. The van der Waals surface area contributed by atoms with Crippen LogP contribution in [0.3, 0.4) is 0 Å². The van der Waals surface area contributed by atoms with Crippen LogP contribution in [0.4, 0.5) is 0 Å². The van der Waals surface area contributed by atoms with Gasteiger partial charge in [0.15, 0.2) is 0 Å². The quantitative estimate of drug-likeness (QED) is 0.500. The molecule has 6 heteroatoms. The van der Waals surface area contributed by atoms with Gasteiger partial charge < -0.3 is 0 Å². The largest absolute Gasteiger partial charge is 0.293 e. The highest BCUT2D eigenvalue weighted by atomic mass is 35.5. The molecule has 1 aromatic carbocycles. The third kappa shape index (κ3) is 2.97. The van der Waals surface area contributed by atoms with Gasteiger partial charge >= 0.3 is 0 Å². The molecule has 0 unspecified atom stereocenters. The minimum atomic E-state index is -0.0530. The summed E-state index contributed by atoms with van der Waals surface area (Å²) >= 11 is 7.48. The van der Waals surface area contributed by atoms with Crippen molar-refractivity contribution < 1.29 is 0 Å². The summed E-state index contributed by atoms with van der Waals surface area (Å²) in [5.41, 5.74) is 2.75. The summed E-state index contributed by atoms with van der Waals surface area (Å²) in [6.07, 6.45) is 1.58. The number of hydrogen-bond donors (Lipinski definition) is 0. The summed E-state index contributed by atoms with van der Waals surface area (Å²) in [5.74, 6) is 0. The number of fused-ring (bicyclic) bond motifs is 1. The first kappa shape index (κ1) is 16.0. The van der Waals surface area contributed by atoms with Gasteiger partial charge in [-0.3, -0.25) is 9.36 Å². The van der Waals surface area contributed by atoms with Crippen molar-refractivity contribution in [1.82, 2.24) is 14.5 Å². The fourth-order valence-electron chi connectivity index (χ4n) is 2.85. The molecule has 3 aromatic heterocycles. The molecule has 4 nitrogen and oxygen atoms in total. The number of halogens is 1. The Morgan fingerprint density at radius 1 is 1.12 bits per heavy atom. The van der Waals surface area contributed by atoms with Crippen LogP contribution in [-0.2, 0) is 6.54 Å². The maximum Gasteiger partial charge on any atom is 0.262 e. The van der Waals surface area contributed by atoms with E-state index < -0.39 is 0 Å². The molecule has 0 bridgehead atoms. The highest BCUT2D eigenvalue weighted by Crippen LogP contribution is 2.35. The fraction of sp³-hybridized carbons (Fsp3) is 0.105. The van der Waals surface area contributed by atoms with Crippen molar-refractivity contribution in [2.45, 2.75) is 13.5 Å². The molecule has 4 aromatic rings. The summed E-state index contributed by atoms with van der Waals surface area (Å²) in [5, 5.41) is 1.09. The molecule has 0 aliphatic heterocycles. The molecule has 4 rings (SSSR count). The summed E-state index contributed by atoms with van der Waals surface area (Å²) < 4.78 is 1.58. The minimum absolute atomic E-state index is 0.0530. The number of hydrogen-bond acceptors (Lipinski definition) is 4. The van der Waals surface area contributed by atoms with Crippen LogP contribution >= 0.6 is 22.9 Å². The van der Waals surface area contributed by atoms with Gasteiger partial charge in [0.1, 0.15) is 9.98 Å². The zero-order chi connectivity index (χ0) is 17.4. The molecule has 0 fully saturated rings. The topological polar surface area (TPSA) is 47.8 Å². The lowest BCUT2D eigenvalue weighted by Crippen LogP contribution is -2.21. The van der Waals surface area contributed by atoms with Crippen molar-refractivity contribution in [1.29, 1.82) is 0 Å². The van der Waals surface area contributed by atoms with Crippen LogP contribution < -0.4 is 5.56 Å². The lowest BCUT2D eigenvalue weighted by molar-refractivity contribution is 0.730. The third-order valence-corrected chi connectivity index (χ3v) is 5.52. The molecule has 0 amide bonds. The number of nitrogens with zero attached hydrogens (tertiary/aromatic N) is 3. The summed E-state index contributed by atoms with van der Waals surface area (Å²) in [4.78, 5) is 23.5. The lowest BCUT2D eigenvalue weighted by Gasteiger charge is -2.05. The predicted octanol–water partition coefficient (Wildman–Crippen LogP) is 4.53. The first-order valence-corrected chi connectivity index (χ1v) is 8.98. The van der Waals surface area contributed by atoms with E-state index in [-0.39, 0.29) is 5.56 Å². The monoisotopic (exact) mass is 367 g/mol. The maximum atomic E-state index is 13.0. The molecule has 0 saturated carbocycles. The van der Waals surface area contributed by atoms with Gasteiger partial charge in [-0.1, -0.05) is 48.0 Å². The molecule has 0 aliphatic rings. The van der Waals surface area contributed by atoms with Gasteiger partial charge in [-0.2, -0.15) is 0 Å². The van der Waals surface area contributed by atoms with Crippen molar-refractivity contribution in [2.75, 3.05) is 0 Å². The van der Waals surface area contributed by atoms with Crippen molar-refractivity contribution in [3.05, 3.63) is 81.6 Å². The molecule has 124 valence electrons. The first-order valence-electron chi connectivity index (χ1n) is 7.79. The average Bonchev–Trinajstić information content (AvgIpc) is 2.96. The average molecular weight is 368 g/mol. The van der Waals surface area contributed by atoms with E-state index in [4.69, 9.17) is 11.6 Å². The molecule has 0 radical (unpaired) electrons. The molecule has 0 N–H and O–H groups in total. The predicted molar refractivity (Wildman–Crippen MR) is 102 cm³/mol. The minimum Gasteiger partial charge on any atom is -0.293 e. The van der Waals surface area contributed by atoms with Crippen molar-refractivity contribution in [3.8, 4) is 10.4 Å². The van der Waals surface area contributed by atoms with E-state index >= 15 is 0 Å². The van der Waals surface area contributed by atoms with E-state index in [0.29, 0.717) is 17.1 Å². The van der Waals surface area contributed by atoms with E-state index in [2.05, 4.69) is 9.97 Å². The Morgan fingerprint density at radius 3 is 2.68 bits per heavy atom. The highest BCUT2D eigenvalue weighted by Gasteiger charge is 2.15. The first-order chi connectivity index (χ1) is 12.1. The Balaban J connectivity index is 1.83. The Kier molecular flexibility index (Phi) is 4.11. The van der Waals surface area contributed by atoms with Gasteiger partial charge in [-0.25, -0.2) is 9.97 Å². The molecule has 0 aliphatic carbocycles. The van der Waals surface area contributed by atoms with Crippen LogP contribution in [0.5, 0.6) is 0 Å². The van der Waals surface area contributed by atoms with Crippen LogP contribution in [0.15, 0.2) is 59.7 Å². The summed E-state index contributed by atoms with van der Waals surface area (Å²) in [7, 11) is 0. The van der Waals surface area contributed by atoms with E-state index in [0.717, 1.165) is 26.5 Å². The van der Waals surface area contributed by atoms with Crippen molar-refractivity contribution in [2.24, 2.45) is 0 Å². The van der Waals surface area contributed by atoms with E-state index in [1.165, 1.54) is 0 Å². The molecule has 0 saturated heterocycles. The van der Waals surface area contributed by atoms with Crippen LogP contribution in [0.2, 0.25) is 5.15 Å². The summed E-state index contributed by atoms with van der Waals surface area (Å²) in [6, 6.07) is 15.5. The van der Waals surface area contributed by atoms with Gasteiger partial charge in [-0.15, -0.1) is 11.3 Å². The van der Waals surface area contributed by atoms with Crippen LogP contribution in [0.25, 0.3) is 20.7 Å². The third-order valence-electron chi connectivity index (χ3n) is 4.06. The molecule has 25 heavy (non-hydrogen) atoms.